The second-order valence-electron chi connectivity index (χ2n) is 7.93. The van der Waals surface area contributed by atoms with Gasteiger partial charge in [-0.05, 0) is 43.2 Å². The van der Waals surface area contributed by atoms with Gasteiger partial charge in [-0.3, -0.25) is 9.59 Å². The number of hydrogen-bond donors (Lipinski definition) is 1. The maximum Gasteiger partial charge on any atom is 0.253 e. The van der Waals surface area contributed by atoms with Crippen molar-refractivity contribution in [1.82, 2.24) is 19.8 Å². The van der Waals surface area contributed by atoms with Gasteiger partial charge in [0.15, 0.2) is 0 Å². The monoisotopic (exact) mass is 498 g/mol. The van der Waals surface area contributed by atoms with Crippen molar-refractivity contribution in [3.05, 3.63) is 88.2 Å². The molecule has 2 aromatic carbocycles. The Bertz CT molecular complexity index is 1110. The number of nitrogens with one attached hydrogen (secondary N) is 1. The molecule has 1 N–H and O–H groups in total. The molecule has 1 aromatic heterocycles. The van der Waals surface area contributed by atoms with Crippen LogP contribution >= 0.6 is 15.9 Å². The number of aromatic nitrogens is 2. The van der Waals surface area contributed by atoms with E-state index in [2.05, 4.69) is 26.2 Å². The fourth-order valence-corrected chi connectivity index (χ4v) is 4.29. The van der Waals surface area contributed by atoms with Gasteiger partial charge >= 0.3 is 0 Å². The summed E-state index contributed by atoms with van der Waals surface area (Å²) in [4.78, 5) is 32.0. The smallest absolute Gasteiger partial charge is 0.253 e. The highest BCUT2D eigenvalue weighted by atomic mass is 79.9. The molecule has 3 aromatic rings. The molecule has 166 valence electrons. The SMILES string of the molecule is Cn1ccnc1C(NC(=O)C1CCN(C(=O)c2ccc(Br)cc2)CC1)c1ccccc1F. The number of likely N-dealkylation sites (tertiary alicyclic amines) is 1. The first-order chi connectivity index (χ1) is 15.4. The van der Waals surface area contributed by atoms with E-state index in [-0.39, 0.29) is 17.7 Å². The maximum absolute atomic E-state index is 14.5. The average molecular weight is 499 g/mol. The van der Waals surface area contributed by atoms with Crippen molar-refractivity contribution in [2.75, 3.05) is 13.1 Å². The number of carbonyl (C=O) groups excluding carboxylic acids is 2. The summed E-state index contributed by atoms with van der Waals surface area (Å²) in [6.45, 7) is 1.000. The summed E-state index contributed by atoms with van der Waals surface area (Å²) in [5.74, 6) is -0.272. The van der Waals surface area contributed by atoms with Crippen LogP contribution in [0.2, 0.25) is 0 Å². The van der Waals surface area contributed by atoms with Gasteiger partial charge in [0.1, 0.15) is 17.7 Å². The molecule has 0 aliphatic carbocycles. The molecule has 0 bridgehead atoms. The maximum atomic E-state index is 14.5. The fraction of sp³-hybridized carbons (Fsp3) is 0.292. The summed E-state index contributed by atoms with van der Waals surface area (Å²) in [5.41, 5.74) is 1.00. The van der Waals surface area contributed by atoms with E-state index in [1.165, 1.54) is 6.07 Å². The van der Waals surface area contributed by atoms with E-state index in [9.17, 15) is 14.0 Å². The highest BCUT2D eigenvalue weighted by Crippen LogP contribution is 2.26. The van der Waals surface area contributed by atoms with Crippen molar-refractivity contribution in [3.8, 4) is 0 Å². The summed E-state index contributed by atoms with van der Waals surface area (Å²) in [5, 5.41) is 3.00. The quantitative estimate of drug-likeness (QED) is 0.576. The highest BCUT2D eigenvalue weighted by molar-refractivity contribution is 9.10. The van der Waals surface area contributed by atoms with Crippen LogP contribution in [0.4, 0.5) is 4.39 Å². The molecule has 1 unspecified atom stereocenters. The van der Waals surface area contributed by atoms with Crippen LogP contribution in [0.25, 0.3) is 0 Å². The number of piperidine rings is 1. The van der Waals surface area contributed by atoms with E-state index >= 15 is 0 Å². The van der Waals surface area contributed by atoms with Crippen LogP contribution in [0.15, 0.2) is 65.4 Å². The van der Waals surface area contributed by atoms with Gasteiger partial charge in [0, 0.05) is 54.0 Å². The highest BCUT2D eigenvalue weighted by Gasteiger charge is 2.31. The van der Waals surface area contributed by atoms with Crippen LogP contribution in [-0.4, -0.2) is 39.4 Å². The largest absolute Gasteiger partial charge is 0.342 e. The number of rotatable bonds is 5. The van der Waals surface area contributed by atoms with Crippen LogP contribution in [-0.2, 0) is 11.8 Å². The van der Waals surface area contributed by atoms with E-state index in [0.29, 0.717) is 42.9 Å². The van der Waals surface area contributed by atoms with Crippen LogP contribution in [0, 0.1) is 11.7 Å². The Hall–Kier alpha value is -3.00. The van der Waals surface area contributed by atoms with Crippen LogP contribution < -0.4 is 5.32 Å². The molecule has 8 heteroatoms. The lowest BCUT2D eigenvalue weighted by molar-refractivity contribution is -0.126. The molecule has 2 amide bonds. The zero-order valence-corrected chi connectivity index (χ0v) is 19.3. The Kier molecular flexibility index (Phi) is 6.69. The summed E-state index contributed by atoms with van der Waals surface area (Å²) < 4.78 is 17.2. The van der Waals surface area contributed by atoms with Crippen molar-refractivity contribution in [2.45, 2.75) is 18.9 Å². The predicted octanol–water partition coefficient (Wildman–Crippen LogP) is 4.08. The van der Waals surface area contributed by atoms with Gasteiger partial charge < -0.3 is 14.8 Å². The number of imidazole rings is 1. The fourth-order valence-electron chi connectivity index (χ4n) is 4.03. The summed E-state index contributed by atoms with van der Waals surface area (Å²) in [7, 11) is 1.81. The van der Waals surface area contributed by atoms with Crippen molar-refractivity contribution in [3.63, 3.8) is 0 Å². The minimum absolute atomic E-state index is 0.0337. The molecular weight excluding hydrogens is 475 g/mol. The molecule has 32 heavy (non-hydrogen) atoms. The molecule has 1 saturated heterocycles. The zero-order valence-electron chi connectivity index (χ0n) is 17.7. The number of benzene rings is 2. The molecule has 1 aliphatic rings. The van der Waals surface area contributed by atoms with Gasteiger partial charge in [0.2, 0.25) is 5.91 Å². The third-order valence-electron chi connectivity index (χ3n) is 5.86. The first kappa shape index (κ1) is 22.2. The Balaban J connectivity index is 1.44. The molecule has 1 aliphatic heterocycles. The average Bonchev–Trinajstić information content (AvgIpc) is 3.23. The topological polar surface area (TPSA) is 67.2 Å². The third kappa shape index (κ3) is 4.75. The van der Waals surface area contributed by atoms with Gasteiger partial charge in [-0.1, -0.05) is 34.1 Å². The molecule has 1 fully saturated rings. The van der Waals surface area contributed by atoms with Crippen molar-refractivity contribution >= 4 is 27.7 Å². The normalized spacial score (nSPS) is 15.4. The second kappa shape index (κ2) is 9.65. The number of hydrogen-bond acceptors (Lipinski definition) is 3. The second-order valence-corrected chi connectivity index (χ2v) is 8.85. The van der Waals surface area contributed by atoms with Gasteiger partial charge in [0.05, 0.1) is 0 Å². The third-order valence-corrected chi connectivity index (χ3v) is 6.39. The first-order valence-electron chi connectivity index (χ1n) is 10.5. The van der Waals surface area contributed by atoms with Gasteiger partial charge in [-0.2, -0.15) is 0 Å². The van der Waals surface area contributed by atoms with Gasteiger partial charge in [0.25, 0.3) is 5.91 Å². The summed E-state index contributed by atoms with van der Waals surface area (Å²) in [6, 6.07) is 13.0. The van der Waals surface area contributed by atoms with Gasteiger partial charge in [-0.25, -0.2) is 9.37 Å². The molecule has 0 radical (unpaired) electrons. The van der Waals surface area contributed by atoms with Crippen molar-refractivity contribution in [1.29, 1.82) is 0 Å². The Morgan fingerprint density at radius 2 is 1.81 bits per heavy atom. The Morgan fingerprint density at radius 1 is 1.12 bits per heavy atom. The van der Waals surface area contributed by atoms with Crippen molar-refractivity contribution in [2.24, 2.45) is 13.0 Å². The molecule has 0 spiro atoms. The number of amides is 2. The molecule has 4 rings (SSSR count). The van der Waals surface area contributed by atoms with Crippen LogP contribution in [0.1, 0.15) is 40.6 Å². The lowest BCUT2D eigenvalue weighted by Crippen LogP contribution is -2.44. The van der Waals surface area contributed by atoms with Crippen molar-refractivity contribution < 1.29 is 14.0 Å². The standard InChI is InChI=1S/C24H24BrFN4O2/c1-29-15-12-27-22(29)21(19-4-2-3-5-20(19)26)28-23(31)16-10-13-30(14-11-16)24(32)17-6-8-18(25)9-7-17/h2-9,12,15-16,21H,10-11,13-14H2,1H3,(H,28,31). The minimum Gasteiger partial charge on any atom is -0.342 e. The van der Waals surface area contributed by atoms with Crippen LogP contribution in [0.3, 0.4) is 0 Å². The molecular formula is C24H24BrFN4O2. The van der Waals surface area contributed by atoms with E-state index < -0.39 is 11.9 Å². The summed E-state index contributed by atoms with van der Waals surface area (Å²) in [6.07, 6.45) is 4.50. The predicted molar refractivity (Wildman–Crippen MR) is 122 cm³/mol. The Morgan fingerprint density at radius 3 is 2.44 bits per heavy atom. The number of carbonyl (C=O) groups is 2. The zero-order chi connectivity index (χ0) is 22.7. The van der Waals surface area contributed by atoms with E-state index in [1.54, 1.807) is 52.2 Å². The Labute approximate surface area is 194 Å². The minimum atomic E-state index is -0.689. The molecule has 0 saturated carbocycles. The summed E-state index contributed by atoms with van der Waals surface area (Å²) >= 11 is 3.38. The van der Waals surface area contributed by atoms with Gasteiger partial charge in [-0.15, -0.1) is 0 Å². The molecule has 6 nitrogen and oxygen atoms in total. The lowest BCUT2D eigenvalue weighted by Gasteiger charge is -2.32. The van der Waals surface area contributed by atoms with E-state index in [1.807, 2.05) is 19.2 Å². The van der Waals surface area contributed by atoms with Crippen LogP contribution in [0.5, 0.6) is 0 Å². The van der Waals surface area contributed by atoms with E-state index in [4.69, 9.17) is 0 Å². The lowest BCUT2D eigenvalue weighted by atomic mass is 9.94. The molecule has 1 atom stereocenters. The first-order valence-corrected chi connectivity index (χ1v) is 11.3. The number of nitrogens with zero attached hydrogens (tertiary/aromatic N) is 3. The van der Waals surface area contributed by atoms with E-state index in [0.717, 1.165) is 4.47 Å². The number of aryl methyl sites for hydroxylation is 1. The molecule has 2 heterocycles. The number of halogens is 2.